The SMILES string of the molecule is Cc1ccc(S(=O)(=O)N2C[C@@H](C(C)C)O[C@@H](/C=C/c3ccccc3)C2)cc1. The lowest BCUT2D eigenvalue weighted by atomic mass is 10.1. The molecule has 1 saturated heterocycles. The summed E-state index contributed by atoms with van der Waals surface area (Å²) in [7, 11) is -3.54. The van der Waals surface area contributed by atoms with Crippen molar-refractivity contribution in [2.24, 2.45) is 5.92 Å². The highest BCUT2D eigenvalue weighted by molar-refractivity contribution is 7.89. The van der Waals surface area contributed by atoms with Gasteiger partial charge in [-0.05, 0) is 30.5 Å². The first-order valence-electron chi connectivity index (χ1n) is 9.32. The van der Waals surface area contributed by atoms with E-state index in [0.29, 0.717) is 18.0 Å². The van der Waals surface area contributed by atoms with Crippen LogP contribution in [0.1, 0.15) is 25.0 Å². The van der Waals surface area contributed by atoms with Gasteiger partial charge in [-0.3, -0.25) is 0 Å². The standard InChI is InChI=1S/C22H27NO3S/c1-17(2)22-16-23(27(24,25)21-13-9-18(3)10-14-21)15-20(26-22)12-11-19-7-5-4-6-8-19/h4-14,17,20,22H,15-16H2,1-3H3/b12-11+/t20-,22-/m0/s1. The molecule has 2 aromatic carbocycles. The van der Waals surface area contributed by atoms with Gasteiger partial charge >= 0.3 is 0 Å². The van der Waals surface area contributed by atoms with Crippen LogP contribution in [0.2, 0.25) is 0 Å². The third kappa shape index (κ3) is 4.86. The quantitative estimate of drug-likeness (QED) is 0.778. The second-order valence-corrected chi connectivity index (χ2v) is 9.30. The first-order valence-corrected chi connectivity index (χ1v) is 10.8. The number of hydrogen-bond acceptors (Lipinski definition) is 3. The van der Waals surface area contributed by atoms with Gasteiger partial charge in [0, 0.05) is 13.1 Å². The van der Waals surface area contributed by atoms with E-state index < -0.39 is 10.0 Å². The van der Waals surface area contributed by atoms with Crippen molar-refractivity contribution in [3.63, 3.8) is 0 Å². The minimum absolute atomic E-state index is 0.135. The number of benzene rings is 2. The number of ether oxygens (including phenoxy) is 1. The van der Waals surface area contributed by atoms with Gasteiger partial charge in [0.25, 0.3) is 0 Å². The summed E-state index contributed by atoms with van der Waals surface area (Å²) in [5.41, 5.74) is 2.11. The van der Waals surface area contributed by atoms with E-state index in [9.17, 15) is 8.42 Å². The molecule has 5 heteroatoms. The van der Waals surface area contributed by atoms with Gasteiger partial charge in [-0.1, -0.05) is 74.0 Å². The Balaban J connectivity index is 1.84. The number of sulfonamides is 1. The maximum Gasteiger partial charge on any atom is 0.243 e. The fourth-order valence-electron chi connectivity index (χ4n) is 3.10. The molecule has 2 aromatic rings. The predicted octanol–water partition coefficient (Wildman–Crippen LogP) is 4.12. The van der Waals surface area contributed by atoms with E-state index in [-0.39, 0.29) is 18.1 Å². The maximum absolute atomic E-state index is 13.1. The summed E-state index contributed by atoms with van der Waals surface area (Å²) in [4.78, 5) is 0.336. The molecule has 1 heterocycles. The van der Waals surface area contributed by atoms with Crippen LogP contribution in [0, 0.1) is 12.8 Å². The van der Waals surface area contributed by atoms with Gasteiger partial charge in [-0.2, -0.15) is 4.31 Å². The second-order valence-electron chi connectivity index (χ2n) is 7.36. The van der Waals surface area contributed by atoms with Crippen molar-refractivity contribution in [1.29, 1.82) is 0 Å². The van der Waals surface area contributed by atoms with Crippen molar-refractivity contribution in [2.45, 2.75) is 37.9 Å². The zero-order valence-electron chi connectivity index (χ0n) is 16.1. The Morgan fingerprint density at radius 2 is 1.70 bits per heavy atom. The molecule has 0 N–H and O–H groups in total. The highest BCUT2D eigenvalue weighted by Crippen LogP contribution is 2.25. The van der Waals surface area contributed by atoms with E-state index in [0.717, 1.165) is 11.1 Å². The Morgan fingerprint density at radius 1 is 1.04 bits per heavy atom. The molecule has 0 unspecified atom stereocenters. The molecule has 27 heavy (non-hydrogen) atoms. The van der Waals surface area contributed by atoms with Gasteiger partial charge in [-0.25, -0.2) is 8.42 Å². The van der Waals surface area contributed by atoms with Crippen molar-refractivity contribution in [2.75, 3.05) is 13.1 Å². The van der Waals surface area contributed by atoms with Gasteiger partial charge in [0.15, 0.2) is 0 Å². The van der Waals surface area contributed by atoms with Crippen LogP contribution in [0.25, 0.3) is 6.08 Å². The largest absolute Gasteiger partial charge is 0.368 e. The molecule has 0 radical (unpaired) electrons. The lowest BCUT2D eigenvalue weighted by molar-refractivity contribution is -0.0612. The summed E-state index contributed by atoms with van der Waals surface area (Å²) in [5, 5.41) is 0. The van der Waals surface area contributed by atoms with Gasteiger partial charge in [0.1, 0.15) is 0 Å². The van der Waals surface area contributed by atoms with Gasteiger partial charge < -0.3 is 4.74 Å². The summed E-state index contributed by atoms with van der Waals surface area (Å²) in [6, 6.07) is 17.0. The highest BCUT2D eigenvalue weighted by atomic mass is 32.2. The van der Waals surface area contributed by atoms with Crippen LogP contribution in [0.4, 0.5) is 0 Å². The van der Waals surface area contributed by atoms with Gasteiger partial charge in [-0.15, -0.1) is 0 Å². The molecular formula is C22H27NO3S. The molecule has 1 aliphatic heterocycles. The summed E-state index contributed by atoms with van der Waals surface area (Å²) in [5.74, 6) is 0.230. The smallest absolute Gasteiger partial charge is 0.243 e. The van der Waals surface area contributed by atoms with Crippen molar-refractivity contribution in [3.05, 3.63) is 71.8 Å². The second kappa shape index (κ2) is 8.38. The summed E-state index contributed by atoms with van der Waals surface area (Å²) >= 11 is 0. The lowest BCUT2D eigenvalue weighted by Gasteiger charge is -2.38. The van der Waals surface area contributed by atoms with Gasteiger partial charge in [0.05, 0.1) is 17.1 Å². The third-order valence-corrected chi connectivity index (χ3v) is 6.67. The summed E-state index contributed by atoms with van der Waals surface area (Å²) < 4.78 is 34.0. The Morgan fingerprint density at radius 3 is 2.33 bits per heavy atom. The van der Waals surface area contributed by atoms with E-state index >= 15 is 0 Å². The van der Waals surface area contributed by atoms with E-state index in [1.165, 1.54) is 0 Å². The third-order valence-electron chi connectivity index (χ3n) is 4.82. The number of nitrogens with zero attached hydrogens (tertiary/aromatic N) is 1. The average Bonchev–Trinajstić information content (AvgIpc) is 2.67. The van der Waals surface area contributed by atoms with Crippen molar-refractivity contribution >= 4 is 16.1 Å². The lowest BCUT2D eigenvalue weighted by Crippen LogP contribution is -2.50. The Kier molecular flexibility index (Phi) is 6.15. The molecular weight excluding hydrogens is 358 g/mol. The van der Waals surface area contributed by atoms with Crippen LogP contribution in [0.5, 0.6) is 0 Å². The zero-order chi connectivity index (χ0) is 19.4. The molecule has 1 aliphatic rings. The maximum atomic E-state index is 13.1. The number of rotatable bonds is 5. The van der Waals surface area contributed by atoms with E-state index in [1.54, 1.807) is 16.4 Å². The molecule has 1 fully saturated rings. The Labute approximate surface area is 162 Å². The average molecular weight is 386 g/mol. The fraction of sp³-hybridized carbons (Fsp3) is 0.364. The first kappa shape index (κ1) is 19.8. The fourth-order valence-corrected chi connectivity index (χ4v) is 4.56. The topological polar surface area (TPSA) is 46.6 Å². The molecule has 0 aliphatic carbocycles. The van der Waals surface area contributed by atoms with Crippen molar-refractivity contribution in [1.82, 2.24) is 4.31 Å². The zero-order valence-corrected chi connectivity index (χ0v) is 16.9. The minimum Gasteiger partial charge on any atom is -0.368 e. The number of hydrogen-bond donors (Lipinski definition) is 0. The number of morpholine rings is 1. The van der Waals surface area contributed by atoms with Crippen LogP contribution >= 0.6 is 0 Å². The van der Waals surface area contributed by atoms with E-state index in [1.807, 2.05) is 61.5 Å². The Hall–Kier alpha value is -1.95. The van der Waals surface area contributed by atoms with Gasteiger partial charge in [0.2, 0.25) is 10.0 Å². The number of aryl methyl sites for hydroxylation is 1. The molecule has 3 rings (SSSR count). The molecule has 4 nitrogen and oxygen atoms in total. The Bertz CT molecular complexity index is 874. The van der Waals surface area contributed by atoms with Crippen LogP contribution in [-0.2, 0) is 14.8 Å². The van der Waals surface area contributed by atoms with Crippen molar-refractivity contribution in [3.8, 4) is 0 Å². The van der Waals surface area contributed by atoms with Crippen LogP contribution in [-0.4, -0.2) is 38.0 Å². The van der Waals surface area contributed by atoms with E-state index in [4.69, 9.17) is 4.74 Å². The first-order chi connectivity index (χ1) is 12.9. The highest BCUT2D eigenvalue weighted by Gasteiger charge is 2.35. The van der Waals surface area contributed by atoms with Crippen LogP contribution in [0.3, 0.4) is 0 Å². The summed E-state index contributed by atoms with van der Waals surface area (Å²) in [6.07, 6.45) is 3.54. The molecule has 0 spiro atoms. The molecule has 0 saturated carbocycles. The molecule has 2 atom stereocenters. The predicted molar refractivity (Wildman–Crippen MR) is 109 cm³/mol. The van der Waals surface area contributed by atoms with E-state index in [2.05, 4.69) is 13.8 Å². The molecule has 0 aromatic heterocycles. The van der Waals surface area contributed by atoms with Crippen LogP contribution < -0.4 is 0 Å². The summed E-state index contributed by atoms with van der Waals surface area (Å²) in [6.45, 7) is 6.77. The molecule has 0 amide bonds. The van der Waals surface area contributed by atoms with Crippen LogP contribution in [0.15, 0.2) is 65.6 Å². The monoisotopic (exact) mass is 385 g/mol. The van der Waals surface area contributed by atoms with Crippen molar-refractivity contribution < 1.29 is 13.2 Å². The minimum atomic E-state index is -3.54. The molecule has 0 bridgehead atoms. The molecule has 144 valence electrons. The normalized spacial score (nSPS) is 21.8.